The molecule has 2 saturated carbocycles. The number of aryl methyl sites for hydroxylation is 1. The van der Waals surface area contributed by atoms with E-state index >= 15 is 0 Å². The molecule has 0 N–H and O–H groups in total. The monoisotopic (exact) mass is 265 g/mol. The van der Waals surface area contributed by atoms with Gasteiger partial charge in [-0.25, -0.2) is 0 Å². The number of hydrogen-bond donors (Lipinski definition) is 0. The maximum absolute atomic E-state index is 9.18. The Labute approximate surface area is 122 Å². The van der Waals surface area contributed by atoms with Gasteiger partial charge in [-0.15, -0.1) is 0 Å². The molecule has 1 heteroatoms. The van der Waals surface area contributed by atoms with Gasteiger partial charge in [0.05, 0.1) is 11.6 Å². The average Bonchev–Trinajstić information content (AvgIpc) is 2.88. The van der Waals surface area contributed by atoms with Crippen LogP contribution in [0.2, 0.25) is 0 Å². The first-order valence-electron chi connectivity index (χ1n) is 8.24. The molecule has 0 amide bonds. The van der Waals surface area contributed by atoms with Crippen LogP contribution in [0.3, 0.4) is 0 Å². The van der Waals surface area contributed by atoms with Gasteiger partial charge in [0.15, 0.2) is 0 Å². The van der Waals surface area contributed by atoms with E-state index in [1.165, 1.54) is 56.1 Å². The van der Waals surface area contributed by atoms with Crippen molar-refractivity contribution in [1.29, 1.82) is 5.26 Å². The molecule has 4 atom stereocenters. The SMILES string of the molecule is C[C@@]12CCC[C@H]1[C@@H]1CCc3ccc(C#N)cc3[C@H]1CC2. The van der Waals surface area contributed by atoms with E-state index < -0.39 is 0 Å². The topological polar surface area (TPSA) is 23.8 Å². The van der Waals surface area contributed by atoms with Crippen LogP contribution in [0, 0.1) is 28.6 Å². The summed E-state index contributed by atoms with van der Waals surface area (Å²) in [5.74, 6) is 2.57. The third-order valence-electron chi connectivity index (χ3n) is 6.64. The van der Waals surface area contributed by atoms with Crippen molar-refractivity contribution in [2.24, 2.45) is 17.3 Å². The fourth-order valence-electron chi connectivity index (χ4n) is 5.63. The summed E-state index contributed by atoms with van der Waals surface area (Å²) >= 11 is 0. The highest BCUT2D eigenvalue weighted by Crippen LogP contribution is 2.60. The first-order chi connectivity index (χ1) is 9.71. The largest absolute Gasteiger partial charge is 0.192 e. The van der Waals surface area contributed by atoms with E-state index in [-0.39, 0.29) is 0 Å². The summed E-state index contributed by atoms with van der Waals surface area (Å²) in [7, 11) is 0. The van der Waals surface area contributed by atoms with Crippen LogP contribution >= 0.6 is 0 Å². The predicted octanol–water partition coefficient (Wildman–Crippen LogP) is 4.80. The lowest BCUT2D eigenvalue weighted by Crippen LogP contribution is -2.39. The van der Waals surface area contributed by atoms with Crippen molar-refractivity contribution in [3.05, 3.63) is 34.9 Å². The highest BCUT2D eigenvalue weighted by Gasteiger charge is 2.50. The lowest BCUT2D eigenvalue weighted by Gasteiger charge is -2.49. The van der Waals surface area contributed by atoms with Crippen LogP contribution in [-0.2, 0) is 6.42 Å². The van der Waals surface area contributed by atoms with Gasteiger partial charge in [-0.3, -0.25) is 0 Å². The van der Waals surface area contributed by atoms with E-state index in [2.05, 4.69) is 25.1 Å². The van der Waals surface area contributed by atoms with Crippen LogP contribution in [0.15, 0.2) is 18.2 Å². The molecule has 3 aliphatic rings. The second-order valence-corrected chi connectivity index (χ2v) is 7.53. The third-order valence-corrected chi connectivity index (χ3v) is 6.64. The Bertz CT molecular complexity index is 582. The van der Waals surface area contributed by atoms with Crippen LogP contribution in [0.25, 0.3) is 0 Å². The van der Waals surface area contributed by atoms with Gasteiger partial charge < -0.3 is 0 Å². The Morgan fingerprint density at radius 3 is 2.95 bits per heavy atom. The summed E-state index contributed by atoms with van der Waals surface area (Å²) < 4.78 is 0. The zero-order valence-corrected chi connectivity index (χ0v) is 12.4. The Morgan fingerprint density at radius 1 is 1.20 bits per heavy atom. The number of rotatable bonds is 0. The highest BCUT2D eigenvalue weighted by atomic mass is 14.5. The number of fused-ring (bicyclic) bond motifs is 5. The predicted molar refractivity (Wildman–Crippen MR) is 80.4 cm³/mol. The van der Waals surface area contributed by atoms with E-state index in [0.29, 0.717) is 5.41 Å². The van der Waals surface area contributed by atoms with Gasteiger partial charge in [0.1, 0.15) is 0 Å². The van der Waals surface area contributed by atoms with E-state index in [1.807, 2.05) is 6.07 Å². The molecule has 0 spiro atoms. The first kappa shape index (κ1) is 12.5. The lowest BCUT2D eigenvalue weighted by molar-refractivity contribution is 0.0598. The van der Waals surface area contributed by atoms with Gasteiger partial charge >= 0.3 is 0 Å². The standard InChI is InChI=1S/C19H23N/c1-19-9-2-3-18(19)16-7-6-14-5-4-13(12-20)11-17(14)15(16)8-10-19/h4-5,11,15-16,18H,2-3,6-10H2,1H3/t15-,16+,18-,19-/m0/s1. The second-order valence-electron chi connectivity index (χ2n) is 7.53. The Balaban J connectivity index is 1.74. The van der Waals surface area contributed by atoms with E-state index in [9.17, 15) is 5.26 Å². The number of hydrogen-bond acceptors (Lipinski definition) is 1. The van der Waals surface area contributed by atoms with Crippen molar-refractivity contribution in [3.8, 4) is 6.07 Å². The molecule has 2 fully saturated rings. The van der Waals surface area contributed by atoms with Crippen LogP contribution in [-0.4, -0.2) is 0 Å². The molecule has 1 aromatic carbocycles. The molecule has 0 unspecified atom stereocenters. The molecule has 0 aromatic heterocycles. The van der Waals surface area contributed by atoms with Crippen LogP contribution in [0.5, 0.6) is 0 Å². The van der Waals surface area contributed by atoms with Crippen LogP contribution < -0.4 is 0 Å². The molecule has 0 aliphatic heterocycles. The van der Waals surface area contributed by atoms with Crippen molar-refractivity contribution in [3.63, 3.8) is 0 Å². The van der Waals surface area contributed by atoms with Crippen LogP contribution in [0.1, 0.15) is 68.1 Å². The second kappa shape index (κ2) is 4.35. The normalized spacial score (nSPS) is 38.5. The van der Waals surface area contributed by atoms with Crippen molar-refractivity contribution in [1.82, 2.24) is 0 Å². The molecule has 0 radical (unpaired) electrons. The first-order valence-corrected chi connectivity index (χ1v) is 8.24. The molecule has 104 valence electrons. The molecular formula is C19H23N. The molecule has 1 aromatic rings. The Morgan fingerprint density at radius 2 is 2.10 bits per heavy atom. The molecule has 0 saturated heterocycles. The van der Waals surface area contributed by atoms with Crippen molar-refractivity contribution < 1.29 is 0 Å². The van der Waals surface area contributed by atoms with Crippen molar-refractivity contribution in [2.45, 2.75) is 57.8 Å². The summed E-state index contributed by atoms with van der Waals surface area (Å²) in [4.78, 5) is 0. The molecule has 0 bridgehead atoms. The summed E-state index contributed by atoms with van der Waals surface area (Å²) in [5.41, 5.74) is 4.52. The van der Waals surface area contributed by atoms with Crippen molar-refractivity contribution in [2.75, 3.05) is 0 Å². The summed E-state index contributed by atoms with van der Waals surface area (Å²) in [6, 6.07) is 8.74. The van der Waals surface area contributed by atoms with E-state index in [0.717, 1.165) is 23.3 Å². The number of nitrogens with zero attached hydrogens (tertiary/aromatic N) is 1. The Hall–Kier alpha value is -1.29. The van der Waals surface area contributed by atoms with Gasteiger partial charge in [-0.1, -0.05) is 19.4 Å². The van der Waals surface area contributed by atoms with Crippen LogP contribution in [0.4, 0.5) is 0 Å². The summed E-state index contributed by atoms with van der Waals surface area (Å²) in [5, 5.41) is 9.18. The minimum atomic E-state index is 0.630. The zero-order chi connectivity index (χ0) is 13.7. The Kier molecular flexibility index (Phi) is 2.71. The van der Waals surface area contributed by atoms with E-state index in [4.69, 9.17) is 0 Å². The minimum absolute atomic E-state index is 0.630. The molecule has 1 nitrogen and oxygen atoms in total. The molecular weight excluding hydrogens is 242 g/mol. The fourth-order valence-corrected chi connectivity index (χ4v) is 5.63. The molecule has 20 heavy (non-hydrogen) atoms. The third kappa shape index (κ3) is 1.67. The zero-order valence-electron chi connectivity index (χ0n) is 12.4. The highest BCUT2D eigenvalue weighted by molar-refractivity contribution is 5.42. The van der Waals surface area contributed by atoms with Gasteiger partial charge in [-0.2, -0.15) is 5.26 Å². The van der Waals surface area contributed by atoms with Gasteiger partial charge in [0, 0.05) is 0 Å². The quantitative estimate of drug-likeness (QED) is 0.660. The summed E-state index contributed by atoms with van der Waals surface area (Å²) in [6.45, 7) is 2.54. The smallest absolute Gasteiger partial charge is 0.0991 e. The fraction of sp³-hybridized carbons (Fsp3) is 0.632. The molecule has 3 aliphatic carbocycles. The summed E-state index contributed by atoms with van der Waals surface area (Å²) in [6.07, 6.45) is 9.69. The van der Waals surface area contributed by atoms with Gasteiger partial charge in [-0.05, 0) is 85.0 Å². The maximum atomic E-state index is 9.18. The van der Waals surface area contributed by atoms with Crippen molar-refractivity contribution >= 4 is 0 Å². The lowest BCUT2D eigenvalue weighted by atomic mass is 9.56. The number of nitriles is 1. The van der Waals surface area contributed by atoms with Gasteiger partial charge in [0.2, 0.25) is 0 Å². The maximum Gasteiger partial charge on any atom is 0.0991 e. The molecule has 0 heterocycles. The molecule has 4 rings (SSSR count). The van der Waals surface area contributed by atoms with Gasteiger partial charge in [0.25, 0.3) is 0 Å². The minimum Gasteiger partial charge on any atom is -0.192 e. The van der Waals surface area contributed by atoms with E-state index in [1.54, 1.807) is 0 Å². The number of benzene rings is 1. The average molecular weight is 265 g/mol.